The molecule has 1 nitrogen and oxygen atoms in total. The smallest absolute Gasteiger partial charge is 0.391 e. The number of aliphatic hydroxyl groups is 1. The lowest BCUT2D eigenvalue weighted by Gasteiger charge is -2.33. The molecule has 0 aromatic carbocycles. The zero-order valence-corrected chi connectivity index (χ0v) is 9.13. The Morgan fingerprint density at radius 3 is 2.62 bits per heavy atom. The molecule has 92 valence electrons. The molecule has 0 saturated heterocycles. The van der Waals surface area contributed by atoms with E-state index in [1.807, 2.05) is 0 Å². The predicted molar refractivity (Wildman–Crippen MR) is 55.6 cm³/mol. The summed E-state index contributed by atoms with van der Waals surface area (Å²) in [7, 11) is 0. The third-order valence-electron chi connectivity index (χ3n) is 3.31. The number of alkyl halides is 3. The van der Waals surface area contributed by atoms with Crippen molar-refractivity contribution in [2.24, 2.45) is 11.8 Å². The molecule has 1 fully saturated rings. The van der Waals surface area contributed by atoms with E-state index in [0.717, 1.165) is 0 Å². The van der Waals surface area contributed by atoms with Crippen LogP contribution in [-0.4, -0.2) is 17.4 Å². The molecule has 3 unspecified atom stereocenters. The Balaban J connectivity index is 2.47. The van der Waals surface area contributed by atoms with Crippen molar-refractivity contribution in [1.29, 1.82) is 0 Å². The second-order valence-electron chi connectivity index (χ2n) is 4.48. The van der Waals surface area contributed by atoms with E-state index in [1.54, 1.807) is 0 Å². The highest BCUT2D eigenvalue weighted by atomic mass is 19.4. The summed E-state index contributed by atoms with van der Waals surface area (Å²) in [6.07, 6.45) is 2.56. The molecular formula is C12H17F3O. The lowest BCUT2D eigenvalue weighted by Crippen LogP contribution is -2.33. The molecule has 0 radical (unpaired) electrons. The normalized spacial score (nSPS) is 28.4. The minimum atomic E-state index is -4.12. The van der Waals surface area contributed by atoms with Crippen LogP contribution in [0.25, 0.3) is 0 Å². The number of halogens is 3. The molecule has 1 aliphatic carbocycles. The number of rotatable bonds is 3. The highest BCUT2D eigenvalue weighted by Crippen LogP contribution is 2.41. The quantitative estimate of drug-likeness (QED) is 0.744. The molecule has 1 aliphatic rings. The van der Waals surface area contributed by atoms with Gasteiger partial charge in [0.05, 0.1) is 12.0 Å². The molecule has 4 heteroatoms. The first-order chi connectivity index (χ1) is 7.45. The van der Waals surface area contributed by atoms with Crippen LogP contribution in [0.4, 0.5) is 13.2 Å². The number of hydrogen-bond donors (Lipinski definition) is 1. The Morgan fingerprint density at radius 1 is 1.38 bits per heavy atom. The van der Waals surface area contributed by atoms with E-state index < -0.39 is 18.2 Å². The standard InChI is InChI=1S/C12H17F3O/c1-2-3-7-11(16)9-5-4-6-10(8-9)12(13,14)15/h1,9-11,16H,3-8H2. The molecule has 1 N–H and O–H groups in total. The van der Waals surface area contributed by atoms with Crippen molar-refractivity contribution in [3.05, 3.63) is 0 Å². The minimum Gasteiger partial charge on any atom is -0.393 e. The highest BCUT2D eigenvalue weighted by molar-refractivity contribution is 4.87. The van der Waals surface area contributed by atoms with Crippen LogP contribution in [0.3, 0.4) is 0 Å². The highest BCUT2D eigenvalue weighted by Gasteiger charge is 2.43. The number of terminal acetylenes is 1. The first kappa shape index (κ1) is 13.4. The summed E-state index contributed by atoms with van der Waals surface area (Å²) in [5, 5.41) is 9.73. The summed E-state index contributed by atoms with van der Waals surface area (Å²) in [5.74, 6) is 0.911. The van der Waals surface area contributed by atoms with Crippen molar-refractivity contribution in [3.63, 3.8) is 0 Å². The average Bonchev–Trinajstić information content (AvgIpc) is 2.25. The first-order valence-corrected chi connectivity index (χ1v) is 5.63. The van der Waals surface area contributed by atoms with Crippen molar-refractivity contribution in [3.8, 4) is 12.3 Å². The van der Waals surface area contributed by atoms with Crippen molar-refractivity contribution >= 4 is 0 Å². The molecule has 16 heavy (non-hydrogen) atoms. The summed E-state index contributed by atoms with van der Waals surface area (Å²) >= 11 is 0. The van der Waals surface area contributed by atoms with E-state index in [9.17, 15) is 18.3 Å². The fourth-order valence-electron chi connectivity index (χ4n) is 2.34. The summed E-state index contributed by atoms with van der Waals surface area (Å²) < 4.78 is 37.5. The van der Waals surface area contributed by atoms with Crippen molar-refractivity contribution in [2.45, 2.75) is 50.8 Å². The van der Waals surface area contributed by atoms with Crippen LogP contribution in [0.2, 0.25) is 0 Å². The molecule has 0 spiro atoms. The first-order valence-electron chi connectivity index (χ1n) is 5.63. The summed E-state index contributed by atoms with van der Waals surface area (Å²) in [6, 6.07) is 0. The van der Waals surface area contributed by atoms with E-state index in [0.29, 0.717) is 25.7 Å². The monoisotopic (exact) mass is 234 g/mol. The summed E-state index contributed by atoms with van der Waals surface area (Å²) in [4.78, 5) is 0. The third-order valence-corrected chi connectivity index (χ3v) is 3.31. The number of aliphatic hydroxyl groups excluding tert-OH is 1. The lowest BCUT2D eigenvalue weighted by molar-refractivity contribution is -0.188. The largest absolute Gasteiger partial charge is 0.393 e. The van der Waals surface area contributed by atoms with Gasteiger partial charge in [-0.05, 0) is 31.6 Å². The molecule has 1 saturated carbocycles. The van der Waals surface area contributed by atoms with Crippen LogP contribution < -0.4 is 0 Å². The minimum absolute atomic E-state index is 0.0508. The zero-order chi connectivity index (χ0) is 12.2. The van der Waals surface area contributed by atoms with Gasteiger partial charge in [0, 0.05) is 6.42 Å². The van der Waals surface area contributed by atoms with Gasteiger partial charge < -0.3 is 5.11 Å². The van der Waals surface area contributed by atoms with Gasteiger partial charge in [0.25, 0.3) is 0 Å². The van der Waals surface area contributed by atoms with Crippen LogP contribution >= 0.6 is 0 Å². The van der Waals surface area contributed by atoms with Crippen molar-refractivity contribution < 1.29 is 18.3 Å². The molecular weight excluding hydrogens is 217 g/mol. The van der Waals surface area contributed by atoms with E-state index in [2.05, 4.69) is 5.92 Å². The second-order valence-corrected chi connectivity index (χ2v) is 4.48. The van der Waals surface area contributed by atoms with Crippen molar-refractivity contribution in [2.75, 3.05) is 0 Å². The van der Waals surface area contributed by atoms with Crippen LogP contribution in [0, 0.1) is 24.2 Å². The zero-order valence-electron chi connectivity index (χ0n) is 9.13. The molecule has 0 heterocycles. The maximum absolute atomic E-state index is 12.5. The van der Waals surface area contributed by atoms with Gasteiger partial charge in [0.1, 0.15) is 0 Å². The van der Waals surface area contributed by atoms with Gasteiger partial charge >= 0.3 is 6.18 Å². The Kier molecular flexibility index (Phi) is 4.67. The maximum Gasteiger partial charge on any atom is 0.391 e. The maximum atomic E-state index is 12.5. The molecule has 0 amide bonds. The lowest BCUT2D eigenvalue weighted by atomic mass is 9.77. The van der Waals surface area contributed by atoms with Gasteiger partial charge in [-0.1, -0.05) is 6.42 Å². The van der Waals surface area contributed by atoms with E-state index >= 15 is 0 Å². The summed E-state index contributed by atoms with van der Waals surface area (Å²) in [5.41, 5.74) is 0. The molecule has 0 aromatic rings. The van der Waals surface area contributed by atoms with Crippen molar-refractivity contribution in [1.82, 2.24) is 0 Å². The molecule has 3 atom stereocenters. The van der Waals surface area contributed by atoms with Gasteiger partial charge in [-0.3, -0.25) is 0 Å². The Hall–Kier alpha value is -0.690. The predicted octanol–water partition coefficient (Wildman–Crippen LogP) is 3.13. The fraction of sp³-hybridized carbons (Fsp3) is 0.833. The van der Waals surface area contributed by atoms with Crippen LogP contribution in [0.5, 0.6) is 0 Å². The summed E-state index contributed by atoms with van der Waals surface area (Å²) in [6.45, 7) is 0. The van der Waals surface area contributed by atoms with Gasteiger partial charge in [-0.25, -0.2) is 0 Å². The Bertz CT molecular complexity index is 254. The Morgan fingerprint density at radius 2 is 2.06 bits per heavy atom. The molecule has 0 aromatic heterocycles. The van der Waals surface area contributed by atoms with Crippen LogP contribution in [0.15, 0.2) is 0 Å². The number of hydrogen-bond acceptors (Lipinski definition) is 1. The molecule has 1 rings (SSSR count). The van der Waals surface area contributed by atoms with E-state index in [-0.39, 0.29) is 18.8 Å². The third kappa shape index (κ3) is 3.71. The van der Waals surface area contributed by atoms with Gasteiger partial charge in [-0.15, -0.1) is 12.3 Å². The van der Waals surface area contributed by atoms with Gasteiger partial charge in [0.15, 0.2) is 0 Å². The topological polar surface area (TPSA) is 20.2 Å². The fourth-order valence-corrected chi connectivity index (χ4v) is 2.34. The van der Waals surface area contributed by atoms with Gasteiger partial charge in [-0.2, -0.15) is 13.2 Å². The van der Waals surface area contributed by atoms with Crippen LogP contribution in [-0.2, 0) is 0 Å². The van der Waals surface area contributed by atoms with Gasteiger partial charge in [0.2, 0.25) is 0 Å². The van der Waals surface area contributed by atoms with E-state index in [1.165, 1.54) is 0 Å². The molecule has 0 aliphatic heterocycles. The van der Waals surface area contributed by atoms with E-state index in [4.69, 9.17) is 6.42 Å². The van der Waals surface area contributed by atoms with Crippen LogP contribution in [0.1, 0.15) is 38.5 Å². The Labute approximate surface area is 94.0 Å². The SMILES string of the molecule is C#CCCC(O)C1CCCC(C(F)(F)F)C1. The average molecular weight is 234 g/mol. The second kappa shape index (κ2) is 5.58. The molecule has 0 bridgehead atoms.